The maximum Gasteiger partial charge on any atom is 0.327 e. The van der Waals surface area contributed by atoms with Gasteiger partial charge in [-0.05, 0) is 38.3 Å². The Morgan fingerprint density at radius 2 is 1.81 bits per heavy atom. The van der Waals surface area contributed by atoms with Crippen LogP contribution in [0.25, 0.3) is 0 Å². The van der Waals surface area contributed by atoms with Gasteiger partial charge in [0, 0.05) is 38.3 Å². The predicted octanol–water partition coefficient (Wildman–Crippen LogP) is 3.58. The summed E-state index contributed by atoms with van der Waals surface area (Å²) in [6.07, 6.45) is 6.57. The van der Waals surface area contributed by atoms with Crippen LogP contribution in [0.4, 0.5) is 4.79 Å². The average Bonchev–Trinajstić information content (AvgIpc) is 2.60. The van der Waals surface area contributed by atoms with Crippen LogP contribution in [-0.2, 0) is 16.9 Å². The van der Waals surface area contributed by atoms with Gasteiger partial charge in [0.2, 0.25) is 5.91 Å². The zero-order valence-corrected chi connectivity index (χ0v) is 17.3. The first-order valence-corrected chi connectivity index (χ1v) is 9.94. The fraction of sp³-hybridized carbons (Fsp3) is 0.667. The number of amides is 3. The molecule has 1 aromatic rings. The maximum absolute atomic E-state index is 13.0. The standard InChI is InChI=1S/C21H33N3O3/c1-16(2)10-7-6-8-13-23-14-9-11-17(19(23)26)21(3,4)24-15-12-18(25)22(5)20(24)27/h9,11,14,16H,6-8,10,12-13,15H2,1-5H3. The minimum Gasteiger partial charge on any atom is -0.315 e. The Labute approximate surface area is 162 Å². The summed E-state index contributed by atoms with van der Waals surface area (Å²) in [5.41, 5.74) is -0.244. The number of hydrogen-bond acceptors (Lipinski definition) is 3. The van der Waals surface area contributed by atoms with Crippen LogP contribution in [0, 0.1) is 5.92 Å². The lowest BCUT2D eigenvalue weighted by molar-refractivity contribution is -0.130. The van der Waals surface area contributed by atoms with E-state index in [1.807, 2.05) is 26.1 Å². The molecule has 1 fully saturated rings. The number of unbranched alkanes of at least 4 members (excludes halogenated alkanes) is 2. The summed E-state index contributed by atoms with van der Waals surface area (Å²) in [6, 6.07) is 3.32. The molecule has 1 aliphatic heterocycles. The van der Waals surface area contributed by atoms with E-state index in [1.54, 1.807) is 15.5 Å². The third-order valence-corrected chi connectivity index (χ3v) is 5.48. The molecule has 2 heterocycles. The van der Waals surface area contributed by atoms with Crippen molar-refractivity contribution < 1.29 is 9.59 Å². The summed E-state index contributed by atoms with van der Waals surface area (Å²) >= 11 is 0. The van der Waals surface area contributed by atoms with E-state index in [1.165, 1.54) is 19.9 Å². The molecule has 0 saturated carbocycles. The first-order chi connectivity index (χ1) is 12.7. The molecule has 1 saturated heterocycles. The molecule has 27 heavy (non-hydrogen) atoms. The second kappa shape index (κ2) is 8.72. The molecule has 6 nitrogen and oxygen atoms in total. The van der Waals surface area contributed by atoms with E-state index in [-0.39, 0.29) is 23.9 Å². The van der Waals surface area contributed by atoms with Crippen LogP contribution in [0.1, 0.15) is 65.4 Å². The molecule has 0 atom stereocenters. The summed E-state index contributed by atoms with van der Waals surface area (Å²) in [5.74, 6) is 0.530. The zero-order valence-electron chi connectivity index (χ0n) is 17.3. The number of nitrogens with zero attached hydrogens (tertiary/aromatic N) is 3. The van der Waals surface area contributed by atoms with Crippen molar-refractivity contribution >= 4 is 11.9 Å². The SMILES string of the molecule is CC(C)CCCCCn1cccc(C(C)(C)N2CCC(=O)N(C)C2=O)c1=O. The molecule has 1 aromatic heterocycles. The number of pyridine rings is 1. The van der Waals surface area contributed by atoms with E-state index < -0.39 is 5.54 Å². The van der Waals surface area contributed by atoms with Crippen LogP contribution in [-0.4, -0.2) is 39.9 Å². The fourth-order valence-corrected chi connectivity index (χ4v) is 3.61. The molecule has 0 N–H and O–H groups in total. The molecular formula is C21H33N3O3. The highest BCUT2D eigenvalue weighted by molar-refractivity contribution is 5.96. The van der Waals surface area contributed by atoms with E-state index in [0.29, 0.717) is 24.6 Å². The van der Waals surface area contributed by atoms with Crippen molar-refractivity contribution in [1.29, 1.82) is 0 Å². The van der Waals surface area contributed by atoms with Crippen LogP contribution in [0.2, 0.25) is 0 Å². The number of urea groups is 1. The van der Waals surface area contributed by atoms with E-state index in [4.69, 9.17) is 0 Å². The number of imide groups is 1. The van der Waals surface area contributed by atoms with Gasteiger partial charge in [0.1, 0.15) is 0 Å². The first-order valence-electron chi connectivity index (χ1n) is 9.94. The summed E-state index contributed by atoms with van der Waals surface area (Å²) in [4.78, 5) is 40.1. The largest absolute Gasteiger partial charge is 0.327 e. The van der Waals surface area contributed by atoms with Gasteiger partial charge in [-0.3, -0.25) is 14.5 Å². The molecular weight excluding hydrogens is 342 g/mol. The van der Waals surface area contributed by atoms with Crippen molar-refractivity contribution in [3.05, 3.63) is 34.2 Å². The Bertz CT molecular complexity index is 736. The lowest BCUT2D eigenvalue weighted by Crippen LogP contribution is -2.58. The molecule has 2 rings (SSSR count). The lowest BCUT2D eigenvalue weighted by atomic mass is 9.92. The number of aromatic nitrogens is 1. The van der Waals surface area contributed by atoms with Gasteiger partial charge in [-0.25, -0.2) is 4.79 Å². The van der Waals surface area contributed by atoms with E-state index in [0.717, 1.165) is 17.7 Å². The van der Waals surface area contributed by atoms with Gasteiger partial charge in [0.05, 0.1) is 5.54 Å². The van der Waals surface area contributed by atoms with Gasteiger partial charge >= 0.3 is 6.03 Å². The van der Waals surface area contributed by atoms with Crippen LogP contribution < -0.4 is 5.56 Å². The van der Waals surface area contributed by atoms with Gasteiger partial charge in [-0.2, -0.15) is 0 Å². The maximum atomic E-state index is 13.0. The van der Waals surface area contributed by atoms with Gasteiger partial charge in [-0.15, -0.1) is 0 Å². The van der Waals surface area contributed by atoms with Crippen molar-refractivity contribution in [3.8, 4) is 0 Å². The van der Waals surface area contributed by atoms with Crippen molar-refractivity contribution in [2.24, 2.45) is 5.92 Å². The average molecular weight is 376 g/mol. The highest BCUT2D eigenvalue weighted by Gasteiger charge is 2.40. The highest BCUT2D eigenvalue weighted by atomic mass is 16.2. The van der Waals surface area contributed by atoms with Crippen molar-refractivity contribution in [1.82, 2.24) is 14.4 Å². The second-order valence-electron chi connectivity index (χ2n) is 8.36. The highest BCUT2D eigenvalue weighted by Crippen LogP contribution is 2.28. The summed E-state index contributed by atoms with van der Waals surface area (Å²) < 4.78 is 1.75. The summed E-state index contributed by atoms with van der Waals surface area (Å²) in [7, 11) is 1.49. The molecule has 0 aromatic carbocycles. The first kappa shape index (κ1) is 21.2. The van der Waals surface area contributed by atoms with Crippen molar-refractivity contribution in [2.45, 2.75) is 71.9 Å². The van der Waals surface area contributed by atoms with Gasteiger partial charge in [-0.1, -0.05) is 33.1 Å². The molecule has 0 radical (unpaired) electrons. The lowest BCUT2D eigenvalue weighted by Gasteiger charge is -2.42. The molecule has 0 unspecified atom stereocenters. The van der Waals surface area contributed by atoms with Crippen LogP contribution >= 0.6 is 0 Å². The number of aryl methyl sites for hydroxylation is 1. The third kappa shape index (κ3) is 4.79. The molecule has 0 spiro atoms. The normalized spacial score (nSPS) is 15.8. The zero-order chi connectivity index (χ0) is 20.2. The summed E-state index contributed by atoms with van der Waals surface area (Å²) in [5, 5.41) is 0. The topological polar surface area (TPSA) is 62.6 Å². The number of hydrogen-bond donors (Lipinski definition) is 0. The second-order valence-corrected chi connectivity index (χ2v) is 8.36. The molecule has 150 valence electrons. The van der Waals surface area contributed by atoms with Gasteiger partial charge in [0.25, 0.3) is 5.56 Å². The number of rotatable bonds is 8. The Morgan fingerprint density at radius 1 is 1.11 bits per heavy atom. The van der Waals surface area contributed by atoms with E-state index in [2.05, 4.69) is 13.8 Å². The monoisotopic (exact) mass is 375 g/mol. The Morgan fingerprint density at radius 3 is 2.48 bits per heavy atom. The Hall–Kier alpha value is -2.11. The molecule has 0 bridgehead atoms. The number of carbonyl (C=O) groups is 2. The fourth-order valence-electron chi connectivity index (χ4n) is 3.61. The molecule has 6 heteroatoms. The minimum atomic E-state index is -0.774. The molecule has 1 aliphatic rings. The summed E-state index contributed by atoms with van der Waals surface area (Å²) in [6.45, 7) is 9.22. The van der Waals surface area contributed by atoms with E-state index >= 15 is 0 Å². The van der Waals surface area contributed by atoms with Gasteiger partial charge < -0.3 is 9.47 Å². The number of carbonyl (C=O) groups excluding carboxylic acids is 2. The smallest absolute Gasteiger partial charge is 0.315 e. The van der Waals surface area contributed by atoms with Crippen LogP contribution in [0.5, 0.6) is 0 Å². The Balaban J connectivity index is 2.14. The van der Waals surface area contributed by atoms with Crippen molar-refractivity contribution in [3.63, 3.8) is 0 Å². The minimum absolute atomic E-state index is 0.0567. The van der Waals surface area contributed by atoms with E-state index in [9.17, 15) is 14.4 Å². The Kier molecular flexibility index (Phi) is 6.84. The predicted molar refractivity (Wildman–Crippen MR) is 107 cm³/mol. The molecule has 3 amide bonds. The van der Waals surface area contributed by atoms with Crippen LogP contribution in [0.3, 0.4) is 0 Å². The van der Waals surface area contributed by atoms with Crippen LogP contribution in [0.15, 0.2) is 23.1 Å². The quantitative estimate of drug-likeness (QED) is 0.653. The van der Waals surface area contributed by atoms with Gasteiger partial charge in [0.15, 0.2) is 0 Å². The molecule has 0 aliphatic carbocycles. The van der Waals surface area contributed by atoms with Crippen molar-refractivity contribution in [2.75, 3.05) is 13.6 Å². The third-order valence-electron chi connectivity index (χ3n) is 5.48.